The molecule has 0 unspecified atom stereocenters. The van der Waals surface area contributed by atoms with Crippen LogP contribution in [0.5, 0.6) is 0 Å². The summed E-state index contributed by atoms with van der Waals surface area (Å²) in [6, 6.07) is 7.70. The van der Waals surface area contributed by atoms with Crippen LogP contribution in [-0.2, 0) is 11.8 Å². The first-order valence-corrected chi connectivity index (χ1v) is 4.92. The Bertz CT molecular complexity index is 582. The molecular weight excluding hydrogens is 204 g/mol. The summed E-state index contributed by atoms with van der Waals surface area (Å²) < 4.78 is 1.88. The number of imidazole rings is 1. The van der Waals surface area contributed by atoms with E-state index in [1.807, 2.05) is 35.9 Å². The second kappa shape index (κ2) is 3.81. The maximum absolute atomic E-state index is 10.7. The number of rotatable bonds is 2. The predicted octanol–water partition coefficient (Wildman–Crippen LogP) is 2.06. The van der Waals surface area contributed by atoms with Crippen LogP contribution in [0.15, 0.2) is 29.8 Å². The lowest BCUT2D eigenvalue weighted by Crippen LogP contribution is -1.98. The van der Waals surface area contributed by atoms with Crippen LogP contribution in [0.25, 0.3) is 17.1 Å². The molecule has 2 rings (SSSR count). The van der Waals surface area contributed by atoms with Crippen molar-refractivity contribution in [2.45, 2.75) is 6.92 Å². The Morgan fingerprint density at radius 1 is 1.44 bits per heavy atom. The van der Waals surface area contributed by atoms with Gasteiger partial charge < -0.3 is 9.67 Å². The van der Waals surface area contributed by atoms with Gasteiger partial charge in [0.1, 0.15) is 5.82 Å². The number of carbonyl (C=O) groups is 1. The van der Waals surface area contributed by atoms with Gasteiger partial charge in [0.25, 0.3) is 0 Å². The SMILES string of the molecule is C/C(=C\c1nc2ccccc2n1C)C(=O)O. The molecule has 0 saturated carbocycles. The fourth-order valence-electron chi connectivity index (χ4n) is 1.55. The van der Waals surface area contributed by atoms with E-state index in [0.717, 1.165) is 11.0 Å². The normalized spacial score (nSPS) is 12.0. The molecule has 0 aliphatic rings. The van der Waals surface area contributed by atoms with Gasteiger partial charge in [-0.25, -0.2) is 9.78 Å². The fraction of sp³-hybridized carbons (Fsp3) is 0.167. The second-order valence-corrected chi connectivity index (χ2v) is 3.65. The molecule has 0 aliphatic carbocycles. The highest BCUT2D eigenvalue weighted by molar-refractivity contribution is 5.91. The molecule has 1 heterocycles. The van der Waals surface area contributed by atoms with Crippen LogP contribution >= 0.6 is 0 Å². The number of benzene rings is 1. The summed E-state index contributed by atoms with van der Waals surface area (Å²) in [5.74, 6) is -0.270. The highest BCUT2D eigenvalue weighted by Gasteiger charge is 2.07. The molecule has 0 spiro atoms. The van der Waals surface area contributed by atoms with Gasteiger partial charge in [0, 0.05) is 12.6 Å². The second-order valence-electron chi connectivity index (χ2n) is 3.65. The number of fused-ring (bicyclic) bond motifs is 1. The van der Waals surface area contributed by atoms with Crippen molar-refractivity contribution in [3.05, 3.63) is 35.7 Å². The topological polar surface area (TPSA) is 55.1 Å². The minimum Gasteiger partial charge on any atom is -0.478 e. The third-order valence-corrected chi connectivity index (χ3v) is 2.50. The predicted molar refractivity (Wildman–Crippen MR) is 62.0 cm³/mol. The van der Waals surface area contributed by atoms with Gasteiger partial charge in [0.05, 0.1) is 11.0 Å². The summed E-state index contributed by atoms with van der Waals surface area (Å²) in [6.45, 7) is 1.56. The number of nitrogens with zero attached hydrogens (tertiary/aromatic N) is 2. The van der Waals surface area contributed by atoms with Gasteiger partial charge in [-0.2, -0.15) is 0 Å². The Labute approximate surface area is 92.8 Å². The van der Waals surface area contributed by atoms with E-state index in [9.17, 15) is 4.79 Å². The number of para-hydroxylation sites is 2. The summed E-state index contributed by atoms with van der Waals surface area (Å²) in [5, 5.41) is 8.80. The van der Waals surface area contributed by atoms with Crippen LogP contribution in [0.1, 0.15) is 12.7 Å². The zero-order valence-corrected chi connectivity index (χ0v) is 9.14. The molecule has 2 aromatic rings. The minimum absolute atomic E-state index is 0.276. The summed E-state index contributed by atoms with van der Waals surface area (Å²) in [7, 11) is 1.87. The molecule has 4 heteroatoms. The summed E-state index contributed by atoms with van der Waals surface area (Å²) in [6.07, 6.45) is 1.57. The van der Waals surface area contributed by atoms with E-state index in [0.29, 0.717) is 5.82 Å². The molecule has 0 radical (unpaired) electrons. The molecule has 1 aromatic heterocycles. The van der Waals surface area contributed by atoms with Crippen molar-refractivity contribution in [2.24, 2.45) is 7.05 Å². The zero-order chi connectivity index (χ0) is 11.7. The van der Waals surface area contributed by atoms with Crippen molar-refractivity contribution < 1.29 is 9.90 Å². The van der Waals surface area contributed by atoms with Crippen LogP contribution in [-0.4, -0.2) is 20.6 Å². The molecule has 0 fully saturated rings. The van der Waals surface area contributed by atoms with Crippen molar-refractivity contribution in [3.8, 4) is 0 Å². The average Bonchev–Trinajstić information content (AvgIpc) is 2.56. The van der Waals surface area contributed by atoms with Gasteiger partial charge in [0.2, 0.25) is 0 Å². The van der Waals surface area contributed by atoms with Crippen LogP contribution < -0.4 is 0 Å². The van der Waals surface area contributed by atoms with Gasteiger partial charge in [-0.15, -0.1) is 0 Å². The number of aliphatic carboxylic acids is 1. The quantitative estimate of drug-likeness (QED) is 0.782. The van der Waals surface area contributed by atoms with Gasteiger partial charge >= 0.3 is 5.97 Å². The Morgan fingerprint density at radius 2 is 2.12 bits per heavy atom. The molecule has 0 atom stereocenters. The first-order valence-electron chi connectivity index (χ1n) is 4.92. The Hall–Kier alpha value is -2.10. The standard InChI is InChI=1S/C12H12N2O2/c1-8(12(15)16)7-11-13-9-5-3-4-6-10(9)14(11)2/h3-7H,1-2H3,(H,15,16)/b8-7+. The van der Waals surface area contributed by atoms with Crippen LogP contribution in [0.3, 0.4) is 0 Å². The van der Waals surface area contributed by atoms with E-state index < -0.39 is 5.97 Å². The van der Waals surface area contributed by atoms with Gasteiger partial charge in [-0.3, -0.25) is 0 Å². The third-order valence-electron chi connectivity index (χ3n) is 2.50. The van der Waals surface area contributed by atoms with Crippen LogP contribution in [0, 0.1) is 0 Å². The molecule has 1 N–H and O–H groups in total. The van der Waals surface area contributed by atoms with Crippen LogP contribution in [0.4, 0.5) is 0 Å². The van der Waals surface area contributed by atoms with E-state index in [4.69, 9.17) is 5.11 Å². The zero-order valence-electron chi connectivity index (χ0n) is 9.14. The largest absolute Gasteiger partial charge is 0.478 e. The third kappa shape index (κ3) is 1.69. The number of carboxylic acid groups (broad SMARTS) is 1. The maximum atomic E-state index is 10.7. The van der Waals surface area contributed by atoms with E-state index in [2.05, 4.69) is 4.98 Å². The number of aromatic nitrogens is 2. The van der Waals surface area contributed by atoms with Crippen molar-refractivity contribution >= 4 is 23.1 Å². The van der Waals surface area contributed by atoms with E-state index in [1.165, 1.54) is 0 Å². The van der Waals surface area contributed by atoms with Crippen molar-refractivity contribution in [1.82, 2.24) is 9.55 Å². The first-order chi connectivity index (χ1) is 7.59. The number of hydrogen-bond donors (Lipinski definition) is 1. The molecule has 1 aromatic carbocycles. The number of hydrogen-bond acceptors (Lipinski definition) is 2. The van der Waals surface area contributed by atoms with E-state index in [-0.39, 0.29) is 5.57 Å². The lowest BCUT2D eigenvalue weighted by atomic mass is 10.3. The maximum Gasteiger partial charge on any atom is 0.331 e. The molecule has 0 aliphatic heterocycles. The molecule has 0 saturated heterocycles. The van der Waals surface area contributed by atoms with Crippen molar-refractivity contribution in [1.29, 1.82) is 0 Å². The Morgan fingerprint density at radius 3 is 2.75 bits per heavy atom. The first kappa shape index (κ1) is 10.4. The molecule has 0 amide bonds. The lowest BCUT2D eigenvalue weighted by Gasteiger charge is -1.97. The van der Waals surface area contributed by atoms with Crippen molar-refractivity contribution in [2.75, 3.05) is 0 Å². The Kier molecular flexibility index (Phi) is 2.48. The van der Waals surface area contributed by atoms with Crippen molar-refractivity contribution in [3.63, 3.8) is 0 Å². The summed E-state index contributed by atoms with van der Waals surface area (Å²) in [4.78, 5) is 15.1. The van der Waals surface area contributed by atoms with Crippen LogP contribution in [0.2, 0.25) is 0 Å². The van der Waals surface area contributed by atoms with Gasteiger partial charge in [-0.05, 0) is 25.1 Å². The fourth-order valence-corrected chi connectivity index (χ4v) is 1.55. The summed E-state index contributed by atoms with van der Waals surface area (Å²) in [5.41, 5.74) is 2.14. The number of carboxylic acids is 1. The lowest BCUT2D eigenvalue weighted by molar-refractivity contribution is -0.132. The van der Waals surface area contributed by atoms with E-state index in [1.54, 1.807) is 13.0 Å². The highest BCUT2D eigenvalue weighted by atomic mass is 16.4. The monoisotopic (exact) mass is 216 g/mol. The molecule has 82 valence electrons. The molecule has 4 nitrogen and oxygen atoms in total. The molecule has 0 bridgehead atoms. The highest BCUT2D eigenvalue weighted by Crippen LogP contribution is 2.16. The smallest absolute Gasteiger partial charge is 0.331 e. The van der Waals surface area contributed by atoms with E-state index >= 15 is 0 Å². The number of aryl methyl sites for hydroxylation is 1. The van der Waals surface area contributed by atoms with Gasteiger partial charge in [-0.1, -0.05) is 12.1 Å². The Balaban J connectivity index is 2.58. The molecular formula is C12H12N2O2. The molecule has 16 heavy (non-hydrogen) atoms. The average molecular weight is 216 g/mol. The summed E-state index contributed by atoms with van der Waals surface area (Å²) >= 11 is 0. The minimum atomic E-state index is -0.924. The van der Waals surface area contributed by atoms with Gasteiger partial charge in [0.15, 0.2) is 0 Å².